The van der Waals surface area contributed by atoms with E-state index in [1.165, 1.54) is 70.0 Å². The molecular weight excluding hydrogens is 282 g/mol. The van der Waals surface area contributed by atoms with Crippen molar-refractivity contribution in [1.29, 1.82) is 0 Å². The Balaban J connectivity index is 1.77. The number of rotatable bonds is 13. The van der Waals surface area contributed by atoms with Crippen molar-refractivity contribution in [3.63, 3.8) is 0 Å². The summed E-state index contributed by atoms with van der Waals surface area (Å²) in [6.45, 7) is 2.28. The van der Waals surface area contributed by atoms with Crippen molar-refractivity contribution in [2.24, 2.45) is 0 Å². The normalized spacial score (nSPS) is 10.8. The third kappa shape index (κ3) is 10.6. The van der Waals surface area contributed by atoms with Crippen LogP contribution >= 0.6 is 21.6 Å². The molecule has 0 fully saturated rings. The van der Waals surface area contributed by atoms with Crippen molar-refractivity contribution in [2.45, 2.75) is 76.2 Å². The van der Waals surface area contributed by atoms with Crippen LogP contribution in [-0.4, -0.2) is 10.7 Å². The van der Waals surface area contributed by atoms with Gasteiger partial charge >= 0.3 is 0 Å². The summed E-state index contributed by atoms with van der Waals surface area (Å²) in [5.74, 6) is 1.25. The van der Waals surface area contributed by atoms with E-state index in [1.54, 1.807) is 10.8 Å². The fourth-order valence-electron chi connectivity index (χ4n) is 2.15. The molecule has 0 bridgehead atoms. The molecule has 1 heterocycles. The number of hydrogen-bond donors (Lipinski definition) is 0. The largest absolute Gasteiger partial charge is 0.249 e. The van der Waals surface area contributed by atoms with Gasteiger partial charge in [0, 0.05) is 11.9 Å². The number of pyridine rings is 1. The highest BCUT2D eigenvalue weighted by Crippen LogP contribution is 2.29. The van der Waals surface area contributed by atoms with Crippen molar-refractivity contribution < 1.29 is 0 Å². The van der Waals surface area contributed by atoms with Gasteiger partial charge < -0.3 is 0 Å². The zero-order chi connectivity index (χ0) is 14.3. The molecule has 1 aromatic rings. The van der Waals surface area contributed by atoms with Crippen LogP contribution in [-0.2, 0) is 0 Å². The minimum absolute atomic E-state index is 1.13. The second-order valence-electron chi connectivity index (χ2n) is 5.26. The lowest BCUT2D eigenvalue weighted by Gasteiger charge is -2.02. The molecule has 0 N–H and O–H groups in total. The minimum atomic E-state index is 1.13. The van der Waals surface area contributed by atoms with Crippen LogP contribution < -0.4 is 0 Å². The van der Waals surface area contributed by atoms with Crippen LogP contribution in [0.2, 0.25) is 0 Å². The molecule has 20 heavy (non-hydrogen) atoms. The SMILES string of the molecule is CCCCCCCCCCCCSSc1ccccn1. The molecule has 0 aliphatic heterocycles. The molecule has 0 atom stereocenters. The Labute approximate surface area is 133 Å². The van der Waals surface area contributed by atoms with E-state index in [2.05, 4.69) is 24.0 Å². The van der Waals surface area contributed by atoms with Gasteiger partial charge in [0.15, 0.2) is 0 Å². The van der Waals surface area contributed by atoms with Gasteiger partial charge in [-0.1, -0.05) is 81.6 Å². The first kappa shape index (κ1) is 17.9. The van der Waals surface area contributed by atoms with Crippen LogP contribution in [0.15, 0.2) is 29.4 Å². The van der Waals surface area contributed by atoms with E-state index < -0.39 is 0 Å². The molecule has 1 nitrogen and oxygen atoms in total. The molecular formula is C17H29NS2. The summed E-state index contributed by atoms with van der Waals surface area (Å²) in [6, 6.07) is 6.10. The monoisotopic (exact) mass is 311 g/mol. The van der Waals surface area contributed by atoms with E-state index in [4.69, 9.17) is 0 Å². The molecule has 114 valence electrons. The second-order valence-corrected chi connectivity index (χ2v) is 7.69. The molecule has 0 aliphatic rings. The molecule has 0 aliphatic carbocycles. The van der Waals surface area contributed by atoms with Gasteiger partial charge in [-0.3, -0.25) is 0 Å². The first-order chi connectivity index (χ1) is 9.93. The maximum atomic E-state index is 4.31. The molecule has 0 saturated carbocycles. The lowest BCUT2D eigenvalue weighted by molar-refractivity contribution is 0.563. The van der Waals surface area contributed by atoms with Gasteiger partial charge in [0.2, 0.25) is 0 Å². The van der Waals surface area contributed by atoms with Crippen molar-refractivity contribution in [3.8, 4) is 0 Å². The standard InChI is InChI=1S/C17H29NS2/c1-2-3-4-5-6-7-8-9-10-13-16-19-20-17-14-11-12-15-18-17/h11-12,14-15H,2-10,13,16H2,1H3. The highest BCUT2D eigenvalue weighted by molar-refractivity contribution is 8.76. The Kier molecular flexibility index (Phi) is 12.4. The van der Waals surface area contributed by atoms with Gasteiger partial charge in [0.25, 0.3) is 0 Å². The molecule has 0 spiro atoms. The third-order valence-corrected chi connectivity index (χ3v) is 5.71. The molecule has 0 unspecified atom stereocenters. The third-order valence-electron chi connectivity index (χ3n) is 3.36. The second kappa shape index (κ2) is 13.8. The average Bonchev–Trinajstić information content (AvgIpc) is 2.49. The molecule has 0 saturated heterocycles. The Bertz CT molecular complexity index is 303. The number of hydrogen-bond acceptors (Lipinski definition) is 3. The van der Waals surface area contributed by atoms with E-state index >= 15 is 0 Å². The van der Waals surface area contributed by atoms with Crippen molar-refractivity contribution >= 4 is 21.6 Å². The van der Waals surface area contributed by atoms with E-state index in [9.17, 15) is 0 Å². The Hall–Kier alpha value is -0.150. The summed E-state index contributed by atoms with van der Waals surface area (Å²) in [6.07, 6.45) is 16.0. The highest BCUT2D eigenvalue weighted by Gasteiger charge is 1.96. The van der Waals surface area contributed by atoms with Crippen LogP contribution in [0.25, 0.3) is 0 Å². The van der Waals surface area contributed by atoms with Gasteiger partial charge in [-0.15, -0.1) is 0 Å². The summed E-state index contributed by atoms with van der Waals surface area (Å²) in [7, 11) is 3.74. The van der Waals surface area contributed by atoms with Gasteiger partial charge in [0.05, 0.1) is 0 Å². The fraction of sp³-hybridized carbons (Fsp3) is 0.706. The van der Waals surface area contributed by atoms with Crippen molar-refractivity contribution in [1.82, 2.24) is 4.98 Å². The summed E-state index contributed by atoms with van der Waals surface area (Å²) in [5, 5.41) is 1.13. The molecule has 1 aromatic heterocycles. The molecule has 0 radical (unpaired) electrons. The Morgan fingerprint density at radius 2 is 1.50 bits per heavy atom. The van der Waals surface area contributed by atoms with E-state index in [-0.39, 0.29) is 0 Å². The van der Waals surface area contributed by atoms with E-state index in [1.807, 2.05) is 23.1 Å². The quantitative estimate of drug-likeness (QED) is 0.295. The topological polar surface area (TPSA) is 12.9 Å². The number of unbranched alkanes of at least 4 members (excludes halogenated alkanes) is 9. The van der Waals surface area contributed by atoms with Crippen LogP contribution in [0.5, 0.6) is 0 Å². The van der Waals surface area contributed by atoms with Crippen LogP contribution in [0.3, 0.4) is 0 Å². The van der Waals surface area contributed by atoms with Crippen molar-refractivity contribution in [2.75, 3.05) is 5.75 Å². The summed E-state index contributed by atoms with van der Waals surface area (Å²) in [4.78, 5) is 4.31. The van der Waals surface area contributed by atoms with Crippen LogP contribution in [0.4, 0.5) is 0 Å². The minimum Gasteiger partial charge on any atom is -0.249 e. The predicted molar refractivity (Wildman–Crippen MR) is 94.4 cm³/mol. The maximum absolute atomic E-state index is 4.31. The van der Waals surface area contributed by atoms with Crippen molar-refractivity contribution in [3.05, 3.63) is 24.4 Å². The maximum Gasteiger partial charge on any atom is 0.106 e. The molecule has 0 aromatic carbocycles. The van der Waals surface area contributed by atoms with Gasteiger partial charge in [0.1, 0.15) is 5.03 Å². The Morgan fingerprint density at radius 3 is 2.10 bits per heavy atom. The lowest BCUT2D eigenvalue weighted by atomic mass is 10.1. The first-order valence-electron chi connectivity index (χ1n) is 8.14. The van der Waals surface area contributed by atoms with Gasteiger partial charge in [-0.05, 0) is 29.3 Å². The number of nitrogens with zero attached hydrogens (tertiary/aromatic N) is 1. The average molecular weight is 312 g/mol. The van der Waals surface area contributed by atoms with Gasteiger partial charge in [-0.2, -0.15) is 0 Å². The lowest BCUT2D eigenvalue weighted by Crippen LogP contribution is -1.83. The van der Waals surface area contributed by atoms with E-state index in [0.717, 1.165) is 5.03 Å². The van der Waals surface area contributed by atoms with Crippen LogP contribution in [0.1, 0.15) is 71.1 Å². The Morgan fingerprint density at radius 1 is 0.850 bits per heavy atom. The highest BCUT2D eigenvalue weighted by atomic mass is 33.1. The molecule has 3 heteroatoms. The van der Waals surface area contributed by atoms with Crippen LogP contribution in [0, 0.1) is 0 Å². The van der Waals surface area contributed by atoms with E-state index in [0.29, 0.717) is 0 Å². The first-order valence-corrected chi connectivity index (χ1v) is 10.5. The fourth-order valence-corrected chi connectivity index (χ4v) is 4.17. The number of aromatic nitrogens is 1. The zero-order valence-electron chi connectivity index (χ0n) is 12.9. The molecule has 1 rings (SSSR count). The van der Waals surface area contributed by atoms with Gasteiger partial charge in [-0.25, -0.2) is 4.98 Å². The summed E-state index contributed by atoms with van der Waals surface area (Å²) < 4.78 is 0. The smallest absolute Gasteiger partial charge is 0.106 e. The predicted octanol–water partition coefficient (Wildman–Crippen LogP) is 6.74. The summed E-state index contributed by atoms with van der Waals surface area (Å²) in [5.41, 5.74) is 0. The molecule has 0 amide bonds. The zero-order valence-corrected chi connectivity index (χ0v) is 14.5. The summed E-state index contributed by atoms with van der Waals surface area (Å²) >= 11 is 0.